The summed E-state index contributed by atoms with van der Waals surface area (Å²) < 4.78 is 4.17. The number of carbonyl (C=O) groups is 1. The van der Waals surface area contributed by atoms with Crippen LogP contribution in [-0.2, 0) is 9.53 Å². The summed E-state index contributed by atoms with van der Waals surface area (Å²) in [7, 11) is 0. The fourth-order valence-corrected chi connectivity index (χ4v) is 0.461. The van der Waals surface area contributed by atoms with E-state index in [2.05, 4.69) is 4.74 Å². The average molecular weight is 190 g/mol. The molecular formula is C8H14O5. The van der Waals surface area contributed by atoms with Crippen molar-refractivity contribution in [3.8, 4) is 0 Å². The van der Waals surface area contributed by atoms with E-state index in [0.717, 1.165) is 0 Å². The Bertz CT molecular complexity index is 225. The summed E-state index contributed by atoms with van der Waals surface area (Å²) in [5.41, 5.74) is 0.986. The third kappa shape index (κ3) is 4.02. The van der Waals surface area contributed by atoms with Crippen molar-refractivity contribution in [2.75, 3.05) is 6.61 Å². The zero-order chi connectivity index (χ0) is 10.6. The molecule has 5 nitrogen and oxygen atoms in total. The van der Waals surface area contributed by atoms with Gasteiger partial charge in [-0.25, -0.2) is 4.79 Å². The maximum Gasteiger partial charge on any atom is 0.348 e. The second kappa shape index (κ2) is 4.36. The summed E-state index contributed by atoms with van der Waals surface area (Å²) in [6.07, 6.45) is 0. The van der Waals surface area contributed by atoms with Crippen molar-refractivity contribution in [2.24, 2.45) is 0 Å². The van der Waals surface area contributed by atoms with Crippen molar-refractivity contribution in [1.29, 1.82) is 0 Å². The second-order valence-electron chi connectivity index (χ2n) is 2.92. The van der Waals surface area contributed by atoms with Crippen molar-refractivity contribution >= 4 is 5.97 Å². The van der Waals surface area contributed by atoms with E-state index in [1.165, 1.54) is 6.92 Å². The molecule has 5 heteroatoms. The molecule has 0 rings (SSSR count). The largest absolute Gasteiger partial charge is 0.403 e. The number of carbonyl (C=O) groups excluding carboxylic acids is 1. The van der Waals surface area contributed by atoms with Crippen molar-refractivity contribution in [3.63, 3.8) is 0 Å². The molecule has 0 aliphatic carbocycles. The minimum atomic E-state index is -2.80. The van der Waals surface area contributed by atoms with Crippen LogP contribution in [0.2, 0.25) is 0 Å². The Labute approximate surface area is 76.3 Å². The van der Waals surface area contributed by atoms with Crippen molar-refractivity contribution in [3.05, 3.63) is 11.1 Å². The van der Waals surface area contributed by atoms with Gasteiger partial charge in [-0.2, -0.15) is 0 Å². The third-order valence-electron chi connectivity index (χ3n) is 1.52. The molecule has 3 N–H and O–H groups in total. The van der Waals surface area contributed by atoms with E-state index in [-0.39, 0.29) is 5.57 Å². The Balaban J connectivity index is 4.42. The molecule has 0 saturated carbocycles. The molecule has 76 valence electrons. The highest BCUT2D eigenvalue weighted by Crippen LogP contribution is 2.09. The van der Waals surface area contributed by atoms with Crippen LogP contribution >= 0.6 is 0 Å². The summed E-state index contributed by atoms with van der Waals surface area (Å²) >= 11 is 0. The normalized spacial score (nSPS) is 10.9. The molecule has 0 radical (unpaired) electrons. The third-order valence-corrected chi connectivity index (χ3v) is 1.52. The van der Waals surface area contributed by atoms with Gasteiger partial charge in [0.2, 0.25) is 0 Å². The van der Waals surface area contributed by atoms with Crippen LogP contribution < -0.4 is 0 Å². The van der Waals surface area contributed by atoms with Gasteiger partial charge in [0.1, 0.15) is 6.61 Å². The molecule has 0 spiro atoms. The first-order chi connectivity index (χ1) is 5.80. The molecule has 0 aliphatic heterocycles. The van der Waals surface area contributed by atoms with Crippen LogP contribution in [0.3, 0.4) is 0 Å². The lowest BCUT2D eigenvalue weighted by atomic mass is 10.2. The molecule has 0 unspecified atom stereocenters. The Hall–Kier alpha value is -0.910. The van der Waals surface area contributed by atoms with E-state index < -0.39 is 18.5 Å². The number of ether oxygens (including phenoxy) is 1. The number of aliphatic hydroxyl groups is 3. The van der Waals surface area contributed by atoms with Crippen LogP contribution in [0.4, 0.5) is 0 Å². The van der Waals surface area contributed by atoms with Gasteiger partial charge in [0.05, 0.1) is 0 Å². The predicted molar refractivity (Wildman–Crippen MR) is 44.4 cm³/mol. The lowest BCUT2D eigenvalue weighted by molar-refractivity contribution is -0.330. The molecule has 0 aliphatic rings. The van der Waals surface area contributed by atoms with Gasteiger partial charge in [0, 0.05) is 5.57 Å². The minimum Gasteiger partial charge on any atom is -0.403 e. The number of hydrogen-bond acceptors (Lipinski definition) is 5. The lowest BCUT2D eigenvalue weighted by Crippen LogP contribution is -2.38. The summed E-state index contributed by atoms with van der Waals surface area (Å²) in [6, 6.07) is 0. The summed E-state index contributed by atoms with van der Waals surface area (Å²) in [5.74, 6) is -3.66. The molecule has 0 aromatic carbocycles. The number of rotatable bonds is 3. The van der Waals surface area contributed by atoms with E-state index >= 15 is 0 Å². The van der Waals surface area contributed by atoms with Crippen LogP contribution in [0, 0.1) is 0 Å². The van der Waals surface area contributed by atoms with Gasteiger partial charge < -0.3 is 20.1 Å². The first-order valence-electron chi connectivity index (χ1n) is 3.73. The number of allylic oxidation sites excluding steroid dienone is 1. The van der Waals surface area contributed by atoms with E-state index in [0.29, 0.717) is 5.57 Å². The molecule has 0 bridgehead atoms. The monoisotopic (exact) mass is 190 g/mol. The zero-order valence-corrected chi connectivity index (χ0v) is 7.87. The standard InChI is InChI=1S/C8H14O5/c1-5(2)6(3)7(10)13-8(11,12)4-9/h9,11-12H,4H2,1-3H3. The van der Waals surface area contributed by atoms with Gasteiger partial charge in [0.25, 0.3) is 0 Å². The minimum absolute atomic E-state index is 0.279. The first kappa shape index (κ1) is 12.1. The highest BCUT2D eigenvalue weighted by atomic mass is 16.8. The number of aliphatic hydroxyl groups excluding tert-OH is 1. The van der Waals surface area contributed by atoms with E-state index in [1.54, 1.807) is 13.8 Å². The van der Waals surface area contributed by atoms with Crippen LogP contribution in [0.1, 0.15) is 20.8 Å². The molecule has 0 aromatic rings. The second-order valence-corrected chi connectivity index (χ2v) is 2.92. The van der Waals surface area contributed by atoms with Gasteiger partial charge in [-0.05, 0) is 20.8 Å². The maximum absolute atomic E-state index is 11.0. The predicted octanol–water partition coefficient (Wildman–Crippen LogP) is -0.483. The Morgan fingerprint density at radius 2 is 1.77 bits per heavy atom. The summed E-state index contributed by atoms with van der Waals surface area (Å²) in [6.45, 7) is 3.80. The zero-order valence-electron chi connectivity index (χ0n) is 7.87. The SMILES string of the molecule is CC(C)=C(C)C(=O)OC(O)(O)CO. The van der Waals surface area contributed by atoms with Crippen LogP contribution in [0.25, 0.3) is 0 Å². The quantitative estimate of drug-likeness (QED) is 0.318. The molecule has 0 amide bonds. The van der Waals surface area contributed by atoms with Crippen LogP contribution in [0.15, 0.2) is 11.1 Å². The molecule has 0 saturated heterocycles. The van der Waals surface area contributed by atoms with Crippen molar-refractivity contribution in [1.82, 2.24) is 0 Å². The van der Waals surface area contributed by atoms with Crippen LogP contribution in [0.5, 0.6) is 0 Å². The Kier molecular flexibility index (Phi) is 4.06. The summed E-state index contributed by atoms with van der Waals surface area (Å²) in [5, 5.41) is 25.9. The fourth-order valence-electron chi connectivity index (χ4n) is 0.461. The van der Waals surface area contributed by atoms with Gasteiger partial charge in [0.15, 0.2) is 0 Å². The number of hydrogen-bond donors (Lipinski definition) is 3. The topological polar surface area (TPSA) is 87.0 Å². The molecule has 0 heterocycles. The van der Waals surface area contributed by atoms with E-state index in [1.807, 2.05) is 0 Å². The van der Waals surface area contributed by atoms with Crippen molar-refractivity contribution in [2.45, 2.75) is 26.7 Å². The highest BCUT2D eigenvalue weighted by Gasteiger charge is 2.27. The van der Waals surface area contributed by atoms with Gasteiger partial charge in [-0.15, -0.1) is 0 Å². The molecule has 0 fully saturated rings. The Morgan fingerprint density at radius 3 is 2.08 bits per heavy atom. The van der Waals surface area contributed by atoms with Gasteiger partial charge >= 0.3 is 11.9 Å². The average Bonchev–Trinajstić information content (AvgIpc) is 2.02. The fraction of sp³-hybridized carbons (Fsp3) is 0.625. The van der Waals surface area contributed by atoms with Crippen LogP contribution in [-0.4, -0.2) is 33.9 Å². The van der Waals surface area contributed by atoms with E-state index in [9.17, 15) is 4.79 Å². The highest BCUT2D eigenvalue weighted by molar-refractivity contribution is 5.88. The Morgan fingerprint density at radius 1 is 1.31 bits per heavy atom. The van der Waals surface area contributed by atoms with Crippen molar-refractivity contribution < 1.29 is 24.9 Å². The lowest BCUT2D eigenvalue weighted by Gasteiger charge is -2.18. The first-order valence-corrected chi connectivity index (χ1v) is 3.73. The maximum atomic E-state index is 11.0. The van der Waals surface area contributed by atoms with Gasteiger partial charge in [-0.1, -0.05) is 5.57 Å². The molecule has 0 aromatic heterocycles. The van der Waals surface area contributed by atoms with E-state index in [4.69, 9.17) is 15.3 Å². The molecule has 0 atom stereocenters. The van der Waals surface area contributed by atoms with Gasteiger partial charge in [-0.3, -0.25) is 0 Å². The molecule has 13 heavy (non-hydrogen) atoms. The number of esters is 1. The summed E-state index contributed by atoms with van der Waals surface area (Å²) in [4.78, 5) is 11.0. The smallest absolute Gasteiger partial charge is 0.348 e. The molecular weight excluding hydrogens is 176 g/mol.